The van der Waals surface area contributed by atoms with E-state index in [-0.39, 0.29) is 32.6 Å². The Morgan fingerprint density at radius 1 is 1.00 bits per heavy atom. The van der Waals surface area contributed by atoms with Gasteiger partial charge in [0.1, 0.15) is 0 Å². The van der Waals surface area contributed by atoms with E-state index in [0.717, 1.165) is 4.68 Å². The minimum absolute atomic E-state index is 0.136. The van der Waals surface area contributed by atoms with Crippen molar-refractivity contribution in [1.29, 1.82) is 0 Å². The summed E-state index contributed by atoms with van der Waals surface area (Å²) in [6.45, 7) is -1.52. The predicted molar refractivity (Wildman–Crippen MR) is 137 cm³/mol. The average molecular weight is 587 g/mol. The first kappa shape index (κ1) is 27.7. The Hall–Kier alpha value is -3.31. The first-order valence-corrected chi connectivity index (χ1v) is 12.0. The number of benzene rings is 3. The van der Waals surface area contributed by atoms with Crippen LogP contribution in [0, 0.1) is 0 Å². The van der Waals surface area contributed by atoms with Crippen LogP contribution in [0.5, 0.6) is 0 Å². The Kier molecular flexibility index (Phi) is 7.89. The minimum Gasteiger partial charge on any atom is -0.478 e. The summed E-state index contributed by atoms with van der Waals surface area (Å²) in [6.07, 6.45) is -7.83. The van der Waals surface area contributed by atoms with Crippen LogP contribution in [0.15, 0.2) is 65.5 Å². The Morgan fingerprint density at radius 2 is 1.66 bits per heavy atom. The second-order valence-electron chi connectivity index (χ2n) is 8.22. The van der Waals surface area contributed by atoms with E-state index in [9.17, 15) is 33.0 Å². The number of carbonyl (C=O) groups is 1. The van der Waals surface area contributed by atoms with Crippen LogP contribution in [0.25, 0.3) is 22.5 Å². The number of halogens is 6. The van der Waals surface area contributed by atoms with Gasteiger partial charge >= 0.3 is 17.8 Å². The van der Waals surface area contributed by atoms with Crippen molar-refractivity contribution in [2.75, 3.05) is 0 Å². The molecular weight excluding hydrogens is 570 g/mol. The lowest BCUT2D eigenvalue weighted by Crippen LogP contribution is -2.37. The predicted octanol–water partition coefficient (Wildman–Crippen LogP) is 6.01. The lowest BCUT2D eigenvalue weighted by Gasteiger charge is -2.15. The molecule has 0 saturated carbocycles. The lowest BCUT2D eigenvalue weighted by atomic mass is 9.99. The Morgan fingerprint density at radius 3 is 2.29 bits per heavy atom. The number of nitrogens with zero attached hydrogens (tertiary/aromatic N) is 3. The number of aliphatic hydroxyl groups is 1. The van der Waals surface area contributed by atoms with Crippen molar-refractivity contribution in [3.05, 3.63) is 97.3 Å². The van der Waals surface area contributed by atoms with Crippen molar-refractivity contribution < 1.29 is 28.2 Å². The smallest absolute Gasteiger partial charge is 0.416 e. The van der Waals surface area contributed by atoms with Crippen molar-refractivity contribution in [3.63, 3.8) is 0 Å². The number of hydrogen-bond donors (Lipinski definition) is 2. The van der Waals surface area contributed by atoms with Crippen LogP contribution in [0.2, 0.25) is 15.1 Å². The zero-order chi connectivity index (χ0) is 27.8. The molecule has 1 unspecified atom stereocenters. The maximum absolute atomic E-state index is 13.2. The second kappa shape index (κ2) is 10.8. The third-order valence-corrected chi connectivity index (χ3v) is 6.75. The zero-order valence-electron chi connectivity index (χ0n) is 19.1. The van der Waals surface area contributed by atoms with Gasteiger partial charge in [-0.1, -0.05) is 53.0 Å². The van der Waals surface area contributed by atoms with Gasteiger partial charge in [0.15, 0.2) is 11.9 Å². The summed E-state index contributed by atoms with van der Waals surface area (Å²) < 4.78 is 40.9. The van der Waals surface area contributed by atoms with E-state index in [2.05, 4.69) is 5.10 Å². The molecule has 4 aromatic rings. The number of alkyl halides is 3. The molecular formula is C25H17Cl3F3N3O4. The van der Waals surface area contributed by atoms with Crippen LogP contribution in [-0.4, -0.2) is 42.8 Å². The summed E-state index contributed by atoms with van der Waals surface area (Å²) in [5.74, 6) is -1.46. The van der Waals surface area contributed by atoms with Gasteiger partial charge < -0.3 is 10.2 Å². The molecule has 1 aromatic heterocycles. The number of aromatic nitrogens is 3. The van der Waals surface area contributed by atoms with Crippen molar-refractivity contribution in [2.24, 2.45) is 0 Å². The van der Waals surface area contributed by atoms with Gasteiger partial charge in [-0.3, -0.25) is 4.57 Å². The van der Waals surface area contributed by atoms with Gasteiger partial charge in [0.2, 0.25) is 0 Å². The summed E-state index contributed by atoms with van der Waals surface area (Å²) in [4.78, 5) is 25.1. The first-order valence-electron chi connectivity index (χ1n) is 10.9. The van der Waals surface area contributed by atoms with Crippen molar-refractivity contribution in [2.45, 2.75) is 25.4 Å². The molecule has 0 aliphatic carbocycles. The maximum atomic E-state index is 13.2. The van der Waals surface area contributed by atoms with Crippen molar-refractivity contribution in [3.8, 4) is 22.5 Å². The molecule has 0 radical (unpaired) electrons. The number of aromatic carboxylic acids is 1. The molecule has 13 heteroatoms. The largest absolute Gasteiger partial charge is 0.478 e. The topological polar surface area (TPSA) is 97.3 Å². The van der Waals surface area contributed by atoms with Crippen LogP contribution in [0.3, 0.4) is 0 Å². The third kappa shape index (κ3) is 5.73. The van der Waals surface area contributed by atoms with E-state index in [0.29, 0.717) is 20.7 Å². The highest BCUT2D eigenvalue weighted by Gasteiger charge is 2.39. The van der Waals surface area contributed by atoms with E-state index >= 15 is 0 Å². The molecule has 0 bridgehead atoms. The van der Waals surface area contributed by atoms with E-state index in [1.807, 2.05) is 0 Å². The van der Waals surface area contributed by atoms with E-state index in [4.69, 9.17) is 34.8 Å². The van der Waals surface area contributed by atoms with Gasteiger partial charge in [-0.25, -0.2) is 14.3 Å². The Labute approximate surface area is 228 Å². The summed E-state index contributed by atoms with van der Waals surface area (Å²) in [7, 11) is 0. The molecule has 0 amide bonds. The highest BCUT2D eigenvalue weighted by atomic mass is 35.5. The zero-order valence-corrected chi connectivity index (χ0v) is 21.4. The molecule has 2 N–H and O–H groups in total. The quantitative estimate of drug-likeness (QED) is 0.277. The molecule has 198 valence electrons. The summed E-state index contributed by atoms with van der Waals surface area (Å²) in [5, 5.41) is 24.4. The SMILES string of the molecule is O=C(O)c1ccc(-c2cccc(Cl)c2Cl)cc1Cn1nc(-c2ccc(Cl)cc2)n(CC(O)C(F)(F)F)c1=O. The number of carboxylic acids is 1. The molecule has 0 saturated heterocycles. The van der Waals surface area contributed by atoms with Gasteiger partial charge in [0, 0.05) is 16.1 Å². The first-order chi connectivity index (χ1) is 17.9. The van der Waals surface area contributed by atoms with Crippen LogP contribution < -0.4 is 5.69 Å². The highest BCUT2D eigenvalue weighted by Crippen LogP contribution is 2.34. The summed E-state index contributed by atoms with van der Waals surface area (Å²) in [6, 6.07) is 15.1. The molecule has 0 aliphatic heterocycles. The molecule has 3 aromatic carbocycles. The number of carboxylic acid groups (broad SMARTS) is 1. The highest BCUT2D eigenvalue weighted by molar-refractivity contribution is 6.43. The normalized spacial score (nSPS) is 12.5. The molecule has 1 atom stereocenters. The average Bonchev–Trinajstić information content (AvgIpc) is 3.15. The van der Waals surface area contributed by atoms with Crippen molar-refractivity contribution >= 4 is 40.8 Å². The summed E-state index contributed by atoms with van der Waals surface area (Å²) >= 11 is 18.3. The van der Waals surface area contributed by atoms with Gasteiger partial charge in [-0.15, -0.1) is 5.10 Å². The lowest BCUT2D eigenvalue weighted by molar-refractivity contribution is -0.207. The fraction of sp³-hybridized carbons (Fsp3) is 0.160. The van der Waals surface area contributed by atoms with Crippen LogP contribution >= 0.6 is 34.8 Å². The van der Waals surface area contributed by atoms with Gasteiger partial charge in [0.05, 0.1) is 28.7 Å². The standard InChI is InChI=1S/C25H17Cl3F3N3O4/c26-16-7-4-13(5-8-16)22-32-34(24(38)33(22)12-20(35)25(29,30)31)11-15-10-14(6-9-18(15)23(36)37)17-2-1-3-19(27)21(17)28/h1-10,20,35H,11-12H2,(H,36,37). The minimum atomic E-state index is -4.99. The number of rotatable bonds is 7. The monoisotopic (exact) mass is 585 g/mol. The van der Waals surface area contributed by atoms with Crippen LogP contribution in [0.4, 0.5) is 13.2 Å². The Balaban J connectivity index is 1.84. The van der Waals surface area contributed by atoms with E-state index in [1.165, 1.54) is 42.5 Å². The molecule has 0 fully saturated rings. The molecule has 4 rings (SSSR count). The molecule has 0 spiro atoms. The number of aliphatic hydroxyl groups excluding tert-OH is 1. The van der Waals surface area contributed by atoms with Crippen molar-refractivity contribution in [1.82, 2.24) is 14.3 Å². The maximum Gasteiger partial charge on any atom is 0.416 e. The molecule has 38 heavy (non-hydrogen) atoms. The fourth-order valence-corrected chi connectivity index (χ4v) is 4.32. The van der Waals surface area contributed by atoms with Crippen LogP contribution in [0.1, 0.15) is 15.9 Å². The molecule has 1 heterocycles. The van der Waals surface area contributed by atoms with E-state index < -0.39 is 37.0 Å². The van der Waals surface area contributed by atoms with Gasteiger partial charge in [-0.2, -0.15) is 13.2 Å². The van der Waals surface area contributed by atoms with Gasteiger partial charge in [0.25, 0.3) is 0 Å². The molecule has 7 nitrogen and oxygen atoms in total. The summed E-state index contributed by atoms with van der Waals surface area (Å²) in [5.41, 5.74) is 0.257. The molecule has 0 aliphatic rings. The third-order valence-electron chi connectivity index (χ3n) is 5.68. The van der Waals surface area contributed by atoms with E-state index in [1.54, 1.807) is 18.2 Å². The van der Waals surface area contributed by atoms with Gasteiger partial charge in [-0.05, 0) is 53.6 Å². The Bertz CT molecular complexity index is 1570. The number of hydrogen-bond acceptors (Lipinski definition) is 4. The van der Waals surface area contributed by atoms with Crippen LogP contribution in [-0.2, 0) is 13.1 Å². The fourth-order valence-electron chi connectivity index (χ4n) is 3.79. The second-order valence-corrected chi connectivity index (χ2v) is 9.44.